The zero-order chi connectivity index (χ0) is 11.5. The summed E-state index contributed by atoms with van der Waals surface area (Å²) in [5.41, 5.74) is 1.98. The maximum Gasteiger partial charge on any atom is 0.211 e. The van der Waals surface area contributed by atoms with Gasteiger partial charge in [0.25, 0.3) is 0 Å². The lowest BCUT2D eigenvalue weighted by Crippen LogP contribution is -2.04. The largest absolute Gasteiger partial charge is 0.287 e. The van der Waals surface area contributed by atoms with Crippen molar-refractivity contribution in [1.29, 1.82) is 0 Å². The van der Waals surface area contributed by atoms with Gasteiger partial charge in [-0.2, -0.15) is 0 Å². The molecule has 1 aromatic heterocycles. The number of ketones is 1. The van der Waals surface area contributed by atoms with Crippen LogP contribution >= 0.6 is 15.9 Å². The normalized spacial score (nSPS) is 10.1. The third-order valence-electron chi connectivity index (χ3n) is 2.21. The molecule has 0 spiro atoms. The van der Waals surface area contributed by atoms with Crippen LogP contribution in [0.3, 0.4) is 0 Å². The molecule has 0 saturated heterocycles. The lowest BCUT2D eigenvalue weighted by molar-refractivity contribution is 0.103. The van der Waals surface area contributed by atoms with Gasteiger partial charge in [0.1, 0.15) is 5.69 Å². The molecule has 0 fully saturated rings. The van der Waals surface area contributed by atoms with Crippen LogP contribution < -0.4 is 0 Å². The van der Waals surface area contributed by atoms with Crippen molar-refractivity contribution in [2.75, 3.05) is 0 Å². The Morgan fingerprint density at radius 1 is 1.19 bits per heavy atom. The molecule has 2 aromatic rings. The molecule has 2 nitrogen and oxygen atoms in total. The van der Waals surface area contributed by atoms with Crippen LogP contribution in [0.15, 0.2) is 46.9 Å². The summed E-state index contributed by atoms with van der Waals surface area (Å²) in [6.07, 6.45) is 0. The van der Waals surface area contributed by atoms with E-state index in [1.165, 1.54) is 0 Å². The first-order chi connectivity index (χ1) is 7.66. The molecule has 0 saturated carbocycles. The first kappa shape index (κ1) is 11.0. The highest BCUT2D eigenvalue weighted by Gasteiger charge is 2.10. The molecule has 16 heavy (non-hydrogen) atoms. The molecule has 0 unspecified atom stereocenters. The molecule has 0 aliphatic rings. The molecule has 3 heteroatoms. The number of rotatable bonds is 2. The monoisotopic (exact) mass is 275 g/mol. The van der Waals surface area contributed by atoms with Gasteiger partial charge in [0, 0.05) is 15.7 Å². The highest BCUT2D eigenvalue weighted by molar-refractivity contribution is 9.10. The maximum atomic E-state index is 12.1. The van der Waals surface area contributed by atoms with Crippen molar-refractivity contribution in [3.63, 3.8) is 0 Å². The van der Waals surface area contributed by atoms with E-state index in [9.17, 15) is 4.79 Å². The summed E-state index contributed by atoms with van der Waals surface area (Å²) < 4.78 is 0.894. The molecule has 0 bridgehead atoms. The predicted octanol–water partition coefficient (Wildman–Crippen LogP) is 3.38. The van der Waals surface area contributed by atoms with Gasteiger partial charge in [-0.25, -0.2) is 4.98 Å². The Balaban J connectivity index is 2.39. The molecule has 0 N–H and O–H groups in total. The molecule has 0 aliphatic heterocycles. The van der Waals surface area contributed by atoms with Gasteiger partial charge >= 0.3 is 0 Å². The summed E-state index contributed by atoms with van der Waals surface area (Å²) in [5.74, 6) is -0.0509. The molecule has 0 amide bonds. The van der Waals surface area contributed by atoms with E-state index in [-0.39, 0.29) is 5.78 Å². The number of halogens is 1. The van der Waals surface area contributed by atoms with E-state index < -0.39 is 0 Å². The summed E-state index contributed by atoms with van der Waals surface area (Å²) in [6, 6.07) is 12.8. The van der Waals surface area contributed by atoms with Gasteiger partial charge in [-0.05, 0) is 31.2 Å². The van der Waals surface area contributed by atoms with Crippen LogP contribution in [0.2, 0.25) is 0 Å². The van der Waals surface area contributed by atoms with Crippen LogP contribution in [-0.2, 0) is 0 Å². The van der Waals surface area contributed by atoms with Gasteiger partial charge in [0.2, 0.25) is 5.78 Å². The average Bonchev–Trinajstić information content (AvgIpc) is 2.28. The first-order valence-corrected chi connectivity index (χ1v) is 5.70. The SMILES string of the molecule is Cc1cccc(C(=O)c2cccc(Br)c2)n1. The molecule has 0 atom stereocenters. The number of carbonyl (C=O) groups excluding carboxylic acids is 1. The van der Waals surface area contributed by atoms with E-state index in [1.807, 2.05) is 31.2 Å². The fourth-order valence-corrected chi connectivity index (χ4v) is 1.85. The number of aromatic nitrogens is 1. The fraction of sp³-hybridized carbons (Fsp3) is 0.0769. The van der Waals surface area contributed by atoms with E-state index in [2.05, 4.69) is 20.9 Å². The van der Waals surface area contributed by atoms with Crippen LogP contribution in [0, 0.1) is 6.92 Å². The predicted molar refractivity (Wildman–Crippen MR) is 66.5 cm³/mol. The van der Waals surface area contributed by atoms with Gasteiger partial charge in [-0.3, -0.25) is 4.79 Å². The molecular weight excluding hydrogens is 266 g/mol. The van der Waals surface area contributed by atoms with E-state index >= 15 is 0 Å². The number of hydrogen-bond donors (Lipinski definition) is 0. The Morgan fingerprint density at radius 3 is 2.62 bits per heavy atom. The number of pyridine rings is 1. The van der Waals surface area contributed by atoms with E-state index in [0.29, 0.717) is 11.3 Å². The molecular formula is C13H10BrNO. The second-order valence-corrected chi connectivity index (χ2v) is 4.42. The summed E-state index contributed by atoms with van der Waals surface area (Å²) in [5, 5.41) is 0. The van der Waals surface area contributed by atoms with Gasteiger partial charge in [-0.1, -0.05) is 34.1 Å². The summed E-state index contributed by atoms with van der Waals surface area (Å²) in [4.78, 5) is 16.3. The third-order valence-corrected chi connectivity index (χ3v) is 2.70. The minimum atomic E-state index is -0.0509. The van der Waals surface area contributed by atoms with Gasteiger partial charge in [0.05, 0.1) is 0 Å². The van der Waals surface area contributed by atoms with Crippen LogP contribution in [0.5, 0.6) is 0 Å². The van der Waals surface area contributed by atoms with Crippen LogP contribution in [0.4, 0.5) is 0 Å². The van der Waals surface area contributed by atoms with E-state index in [0.717, 1.165) is 10.2 Å². The highest BCUT2D eigenvalue weighted by Crippen LogP contribution is 2.14. The quantitative estimate of drug-likeness (QED) is 0.787. The lowest BCUT2D eigenvalue weighted by atomic mass is 10.1. The van der Waals surface area contributed by atoms with Crippen LogP contribution in [0.25, 0.3) is 0 Å². The standard InChI is InChI=1S/C13H10BrNO/c1-9-4-2-7-12(15-9)13(16)10-5-3-6-11(14)8-10/h2-8H,1H3. The number of benzene rings is 1. The molecule has 2 rings (SSSR count). The topological polar surface area (TPSA) is 30.0 Å². The van der Waals surface area contributed by atoms with Crippen molar-refractivity contribution < 1.29 is 4.79 Å². The number of aryl methyl sites for hydroxylation is 1. The highest BCUT2D eigenvalue weighted by atomic mass is 79.9. The minimum Gasteiger partial charge on any atom is -0.287 e. The average molecular weight is 276 g/mol. The van der Waals surface area contributed by atoms with Crippen molar-refractivity contribution >= 4 is 21.7 Å². The van der Waals surface area contributed by atoms with Crippen molar-refractivity contribution in [2.24, 2.45) is 0 Å². The Morgan fingerprint density at radius 2 is 1.94 bits per heavy atom. The Kier molecular flexibility index (Phi) is 3.15. The minimum absolute atomic E-state index is 0.0509. The zero-order valence-electron chi connectivity index (χ0n) is 8.77. The van der Waals surface area contributed by atoms with Gasteiger partial charge < -0.3 is 0 Å². The molecule has 1 aromatic carbocycles. The van der Waals surface area contributed by atoms with E-state index in [4.69, 9.17) is 0 Å². The number of nitrogens with zero attached hydrogens (tertiary/aromatic N) is 1. The third kappa shape index (κ3) is 2.36. The smallest absolute Gasteiger partial charge is 0.211 e. The second-order valence-electron chi connectivity index (χ2n) is 3.50. The Labute approximate surface area is 102 Å². The first-order valence-electron chi connectivity index (χ1n) is 4.91. The van der Waals surface area contributed by atoms with E-state index in [1.54, 1.807) is 18.2 Å². The maximum absolute atomic E-state index is 12.1. The summed E-state index contributed by atoms with van der Waals surface area (Å²) in [6.45, 7) is 1.87. The lowest BCUT2D eigenvalue weighted by Gasteiger charge is -2.01. The molecule has 0 aliphatic carbocycles. The Hall–Kier alpha value is -1.48. The zero-order valence-corrected chi connectivity index (χ0v) is 10.4. The summed E-state index contributed by atoms with van der Waals surface area (Å²) in [7, 11) is 0. The Bertz CT molecular complexity index is 489. The number of carbonyl (C=O) groups is 1. The van der Waals surface area contributed by atoms with Crippen molar-refractivity contribution in [1.82, 2.24) is 4.98 Å². The van der Waals surface area contributed by atoms with Crippen LogP contribution in [-0.4, -0.2) is 10.8 Å². The van der Waals surface area contributed by atoms with Crippen molar-refractivity contribution in [3.8, 4) is 0 Å². The van der Waals surface area contributed by atoms with Gasteiger partial charge in [0.15, 0.2) is 0 Å². The number of hydrogen-bond acceptors (Lipinski definition) is 2. The molecule has 0 radical (unpaired) electrons. The molecule has 80 valence electrons. The van der Waals surface area contributed by atoms with Crippen LogP contribution in [0.1, 0.15) is 21.7 Å². The van der Waals surface area contributed by atoms with Crippen molar-refractivity contribution in [2.45, 2.75) is 6.92 Å². The fourth-order valence-electron chi connectivity index (χ4n) is 1.45. The van der Waals surface area contributed by atoms with Crippen molar-refractivity contribution in [3.05, 3.63) is 63.9 Å². The second kappa shape index (κ2) is 4.58. The summed E-state index contributed by atoms with van der Waals surface area (Å²) >= 11 is 3.34. The molecule has 1 heterocycles. The van der Waals surface area contributed by atoms with Gasteiger partial charge in [-0.15, -0.1) is 0 Å².